The third-order valence-electron chi connectivity index (χ3n) is 8.99. The Labute approximate surface area is 276 Å². The van der Waals surface area contributed by atoms with Crippen molar-refractivity contribution in [3.8, 4) is 16.9 Å². The molecule has 7 rings (SSSR count). The van der Waals surface area contributed by atoms with E-state index in [1.165, 1.54) is 17.0 Å². The van der Waals surface area contributed by atoms with Crippen LogP contribution in [0.4, 0.5) is 28.9 Å². The molecular formula is C32H27Cl2F4N3O6. The summed E-state index contributed by atoms with van der Waals surface area (Å²) in [6, 6.07) is 10.6. The summed E-state index contributed by atoms with van der Waals surface area (Å²) in [5, 5.41) is 9.97. The number of carbonyl (C=O) groups is 2. The summed E-state index contributed by atoms with van der Waals surface area (Å²) in [4.78, 5) is 30.8. The van der Waals surface area contributed by atoms with Crippen LogP contribution in [-0.2, 0) is 16.0 Å². The van der Waals surface area contributed by atoms with E-state index in [1.807, 2.05) is 4.90 Å². The third kappa shape index (κ3) is 5.94. The van der Waals surface area contributed by atoms with Crippen LogP contribution in [0.5, 0.6) is 5.75 Å². The molecule has 2 unspecified atom stereocenters. The zero-order chi connectivity index (χ0) is 33.2. The second-order valence-electron chi connectivity index (χ2n) is 11.9. The SMILES string of the molecule is O=C(O)c1cc(F)c(-c2cccc3c2OCN(C(=O)c2c(Cl)cc(N4CC(OC(F)(F)F)C4)cc2Cl)C3)cc1N1C2CCC1COC2. The van der Waals surface area contributed by atoms with Crippen molar-refractivity contribution in [1.82, 2.24) is 4.90 Å². The maximum Gasteiger partial charge on any atom is 0.522 e. The summed E-state index contributed by atoms with van der Waals surface area (Å²) >= 11 is 12.9. The average Bonchev–Trinajstić information content (AvgIpc) is 3.24. The largest absolute Gasteiger partial charge is 0.522 e. The number of carboxylic acids is 1. The summed E-state index contributed by atoms with van der Waals surface area (Å²) in [5.41, 5.74) is 1.90. The highest BCUT2D eigenvalue weighted by Gasteiger charge is 2.41. The van der Waals surface area contributed by atoms with Crippen molar-refractivity contribution in [2.45, 2.75) is 43.9 Å². The number of fused-ring (bicyclic) bond motifs is 3. The molecular weight excluding hydrogens is 669 g/mol. The zero-order valence-corrected chi connectivity index (χ0v) is 26.0. The smallest absolute Gasteiger partial charge is 0.478 e. The van der Waals surface area contributed by atoms with Gasteiger partial charge in [0.2, 0.25) is 0 Å². The minimum absolute atomic E-state index is 0.00369. The van der Waals surface area contributed by atoms with Gasteiger partial charge in [0.1, 0.15) is 17.7 Å². The van der Waals surface area contributed by atoms with Crippen molar-refractivity contribution >= 4 is 46.5 Å². The van der Waals surface area contributed by atoms with Gasteiger partial charge in [-0.1, -0.05) is 41.4 Å². The molecule has 0 aromatic heterocycles. The molecule has 1 amide bonds. The van der Waals surface area contributed by atoms with Gasteiger partial charge in [-0.3, -0.25) is 9.53 Å². The number of rotatable bonds is 6. The predicted octanol–water partition coefficient (Wildman–Crippen LogP) is 6.58. The van der Waals surface area contributed by atoms with Crippen molar-refractivity contribution in [2.24, 2.45) is 0 Å². The van der Waals surface area contributed by atoms with Crippen LogP contribution in [0.2, 0.25) is 10.0 Å². The maximum absolute atomic E-state index is 15.6. The zero-order valence-electron chi connectivity index (χ0n) is 24.5. The van der Waals surface area contributed by atoms with Crippen LogP contribution >= 0.6 is 23.2 Å². The van der Waals surface area contributed by atoms with Gasteiger partial charge in [-0.25, -0.2) is 9.18 Å². The second kappa shape index (κ2) is 12.0. The molecule has 15 heteroatoms. The number of aromatic carboxylic acids is 1. The van der Waals surface area contributed by atoms with Crippen LogP contribution in [0.25, 0.3) is 11.1 Å². The second-order valence-corrected chi connectivity index (χ2v) is 12.7. The van der Waals surface area contributed by atoms with Gasteiger partial charge in [0, 0.05) is 35.5 Å². The first-order chi connectivity index (χ1) is 22.4. The molecule has 2 bridgehead atoms. The first-order valence-electron chi connectivity index (χ1n) is 14.8. The first kappa shape index (κ1) is 31.8. The number of benzene rings is 3. The lowest BCUT2D eigenvalue weighted by Gasteiger charge is -2.41. The Morgan fingerprint density at radius 2 is 1.66 bits per heavy atom. The van der Waals surface area contributed by atoms with Gasteiger partial charge in [0.25, 0.3) is 5.91 Å². The number of hydrogen-bond donors (Lipinski definition) is 1. The van der Waals surface area contributed by atoms with Gasteiger partial charge < -0.3 is 29.3 Å². The highest BCUT2D eigenvalue weighted by atomic mass is 35.5. The number of hydrogen-bond acceptors (Lipinski definition) is 7. The number of alkyl halides is 3. The fourth-order valence-electron chi connectivity index (χ4n) is 6.81. The van der Waals surface area contributed by atoms with Crippen LogP contribution in [0.1, 0.15) is 39.1 Å². The summed E-state index contributed by atoms with van der Waals surface area (Å²) in [6.45, 7) is 0.745. The molecule has 0 spiro atoms. The van der Waals surface area contributed by atoms with Crippen LogP contribution in [-0.4, -0.2) is 79.5 Å². The summed E-state index contributed by atoms with van der Waals surface area (Å²) in [7, 11) is 0. The number of morpholine rings is 1. The van der Waals surface area contributed by atoms with Crippen molar-refractivity contribution in [3.63, 3.8) is 0 Å². The predicted molar refractivity (Wildman–Crippen MR) is 164 cm³/mol. The van der Waals surface area contributed by atoms with Gasteiger partial charge in [0.05, 0.1) is 58.7 Å². The molecule has 2 atom stereocenters. The molecule has 0 saturated carbocycles. The number of nitrogens with zero attached hydrogens (tertiary/aromatic N) is 3. The molecule has 4 aliphatic heterocycles. The standard InChI is InChI=1S/C32H27Cl2F4N3O6/c33-24-6-19(39-11-20(12-39)47-32(36,37)38)7-25(34)28(24)30(42)40-10-16-2-1-3-21(29(16)46-15-40)22-9-27(23(31(43)44)8-26(22)35)41-17-4-5-18(41)14-45-13-17/h1-3,6-9,17-18,20H,4-5,10-15H2,(H,43,44). The molecule has 248 valence electrons. The van der Waals surface area contributed by atoms with E-state index in [-0.39, 0.29) is 65.2 Å². The Hall–Kier alpha value is -3.78. The Bertz CT molecular complexity index is 1730. The molecule has 4 aliphatic rings. The fraction of sp³-hybridized carbons (Fsp3) is 0.375. The normalized spacial score (nSPS) is 20.9. The Kier molecular flexibility index (Phi) is 8.14. The number of carboxylic acid groups (broad SMARTS) is 1. The van der Waals surface area contributed by atoms with Crippen molar-refractivity contribution in [2.75, 3.05) is 42.8 Å². The summed E-state index contributed by atoms with van der Waals surface area (Å²) in [5.74, 6) is -2.13. The van der Waals surface area contributed by atoms with Crippen molar-refractivity contribution in [1.29, 1.82) is 0 Å². The lowest BCUT2D eigenvalue weighted by atomic mass is 9.96. The summed E-state index contributed by atoms with van der Waals surface area (Å²) in [6.07, 6.45) is -4.07. The van der Waals surface area contributed by atoms with Crippen LogP contribution in [0, 0.1) is 5.82 Å². The number of para-hydroxylation sites is 1. The monoisotopic (exact) mass is 695 g/mol. The van der Waals surface area contributed by atoms with E-state index in [0.29, 0.717) is 41.5 Å². The molecule has 9 nitrogen and oxygen atoms in total. The van der Waals surface area contributed by atoms with Gasteiger partial charge in [0.15, 0.2) is 6.73 Å². The molecule has 0 radical (unpaired) electrons. The Balaban J connectivity index is 1.13. The van der Waals surface area contributed by atoms with E-state index in [1.54, 1.807) is 29.2 Å². The maximum atomic E-state index is 15.6. The van der Waals surface area contributed by atoms with E-state index in [0.717, 1.165) is 18.9 Å². The van der Waals surface area contributed by atoms with Gasteiger partial charge in [-0.15, -0.1) is 13.2 Å². The summed E-state index contributed by atoms with van der Waals surface area (Å²) < 4.78 is 68.9. The van der Waals surface area contributed by atoms with Gasteiger partial charge in [-0.2, -0.15) is 0 Å². The fourth-order valence-corrected chi connectivity index (χ4v) is 7.45. The van der Waals surface area contributed by atoms with Crippen LogP contribution < -0.4 is 14.5 Å². The number of ether oxygens (including phenoxy) is 3. The molecule has 3 fully saturated rings. The first-order valence-corrected chi connectivity index (χ1v) is 15.6. The minimum Gasteiger partial charge on any atom is -0.478 e. The minimum atomic E-state index is -4.73. The van der Waals surface area contributed by atoms with Crippen LogP contribution in [0.3, 0.4) is 0 Å². The lowest BCUT2D eigenvalue weighted by molar-refractivity contribution is -0.344. The van der Waals surface area contributed by atoms with Gasteiger partial charge >= 0.3 is 12.3 Å². The molecule has 3 aromatic carbocycles. The van der Waals surface area contributed by atoms with Crippen molar-refractivity contribution in [3.05, 3.63) is 75.0 Å². The topological polar surface area (TPSA) is 91.8 Å². The van der Waals surface area contributed by atoms with Gasteiger partial charge in [-0.05, 0) is 37.1 Å². The lowest BCUT2D eigenvalue weighted by Crippen LogP contribution is -2.54. The third-order valence-corrected chi connectivity index (χ3v) is 9.58. The Morgan fingerprint density at radius 3 is 2.30 bits per heavy atom. The average molecular weight is 696 g/mol. The van der Waals surface area contributed by atoms with E-state index in [9.17, 15) is 27.9 Å². The quantitative estimate of drug-likeness (QED) is 0.289. The molecule has 1 N–H and O–H groups in total. The number of anilines is 2. The molecule has 4 heterocycles. The van der Waals surface area contributed by atoms with E-state index < -0.39 is 30.2 Å². The highest BCUT2D eigenvalue weighted by molar-refractivity contribution is 6.40. The number of carbonyl (C=O) groups excluding carboxylic acids is 1. The number of amides is 1. The van der Waals surface area contributed by atoms with Crippen LogP contribution in [0.15, 0.2) is 42.5 Å². The molecule has 3 saturated heterocycles. The number of halogens is 6. The highest BCUT2D eigenvalue weighted by Crippen LogP contribution is 2.43. The van der Waals surface area contributed by atoms with E-state index in [4.69, 9.17) is 32.7 Å². The Morgan fingerprint density at radius 1 is 0.979 bits per heavy atom. The van der Waals surface area contributed by atoms with Crippen molar-refractivity contribution < 1.29 is 46.5 Å². The van der Waals surface area contributed by atoms with E-state index in [2.05, 4.69) is 4.74 Å². The molecule has 0 aliphatic carbocycles. The molecule has 3 aromatic rings. The molecule has 47 heavy (non-hydrogen) atoms. The van der Waals surface area contributed by atoms with E-state index >= 15 is 4.39 Å².